The van der Waals surface area contributed by atoms with E-state index in [0.29, 0.717) is 6.54 Å². The number of nitro benzene ring substituents is 1. The van der Waals surface area contributed by atoms with Crippen molar-refractivity contribution in [1.82, 2.24) is 9.88 Å². The molecule has 0 aliphatic carbocycles. The lowest BCUT2D eigenvalue weighted by Gasteiger charge is -2.08. The van der Waals surface area contributed by atoms with Crippen molar-refractivity contribution < 1.29 is 4.92 Å². The van der Waals surface area contributed by atoms with E-state index < -0.39 is 0 Å². The van der Waals surface area contributed by atoms with Crippen LogP contribution >= 0.6 is 0 Å². The molecule has 18 heavy (non-hydrogen) atoms. The number of benzene rings is 1. The number of hydrogen-bond acceptors (Lipinski definition) is 3. The molecule has 0 aliphatic rings. The Morgan fingerprint density at radius 3 is 2.89 bits per heavy atom. The summed E-state index contributed by atoms with van der Waals surface area (Å²) in [5.74, 6) is 0. The molecule has 1 heterocycles. The fourth-order valence-electron chi connectivity index (χ4n) is 1.91. The molecule has 0 spiro atoms. The number of nitrogens with one attached hydrogen (secondary N) is 1. The molecule has 0 aliphatic heterocycles. The average Bonchev–Trinajstić information content (AvgIpc) is 2.77. The third kappa shape index (κ3) is 2.75. The van der Waals surface area contributed by atoms with Crippen LogP contribution in [0, 0.1) is 10.1 Å². The smallest absolute Gasteiger partial charge is 0.269 e. The summed E-state index contributed by atoms with van der Waals surface area (Å²) in [6.45, 7) is 1.42. The Labute approximate surface area is 105 Å². The quantitative estimate of drug-likeness (QED) is 0.648. The van der Waals surface area contributed by atoms with Gasteiger partial charge in [0, 0.05) is 37.1 Å². The fraction of sp³-hybridized carbons (Fsp3) is 0.231. The molecule has 0 unspecified atom stereocenters. The SMILES string of the molecule is CNCc1cccn1Cc1cccc([N+](=O)[O-])c1. The van der Waals surface area contributed by atoms with Crippen LogP contribution in [0.25, 0.3) is 0 Å². The number of non-ortho nitro benzene ring substituents is 1. The van der Waals surface area contributed by atoms with Gasteiger partial charge in [-0.25, -0.2) is 0 Å². The monoisotopic (exact) mass is 245 g/mol. The number of hydrogen-bond donors (Lipinski definition) is 1. The van der Waals surface area contributed by atoms with E-state index in [1.165, 1.54) is 6.07 Å². The number of aromatic nitrogens is 1. The van der Waals surface area contributed by atoms with Crippen molar-refractivity contribution in [1.29, 1.82) is 0 Å². The molecule has 0 amide bonds. The van der Waals surface area contributed by atoms with Crippen molar-refractivity contribution in [3.05, 3.63) is 64.0 Å². The van der Waals surface area contributed by atoms with Gasteiger partial charge < -0.3 is 9.88 Å². The lowest BCUT2D eigenvalue weighted by molar-refractivity contribution is -0.384. The minimum atomic E-state index is -0.367. The van der Waals surface area contributed by atoms with Gasteiger partial charge in [-0.15, -0.1) is 0 Å². The van der Waals surface area contributed by atoms with Crippen LogP contribution in [0.1, 0.15) is 11.3 Å². The summed E-state index contributed by atoms with van der Waals surface area (Å²) in [5, 5.41) is 13.8. The molecule has 0 saturated heterocycles. The van der Waals surface area contributed by atoms with Gasteiger partial charge in [-0.3, -0.25) is 10.1 Å². The van der Waals surface area contributed by atoms with Gasteiger partial charge in [-0.2, -0.15) is 0 Å². The fourth-order valence-corrected chi connectivity index (χ4v) is 1.91. The second-order valence-corrected chi connectivity index (χ2v) is 4.08. The van der Waals surface area contributed by atoms with Gasteiger partial charge in [0.2, 0.25) is 0 Å². The Kier molecular flexibility index (Phi) is 3.74. The van der Waals surface area contributed by atoms with Gasteiger partial charge in [0.05, 0.1) is 4.92 Å². The summed E-state index contributed by atoms with van der Waals surface area (Å²) in [6.07, 6.45) is 1.98. The predicted octanol–water partition coefficient (Wildman–Crippen LogP) is 2.16. The number of nitro groups is 1. The van der Waals surface area contributed by atoms with Crippen molar-refractivity contribution in [2.24, 2.45) is 0 Å². The predicted molar refractivity (Wildman–Crippen MR) is 69.4 cm³/mol. The summed E-state index contributed by atoms with van der Waals surface area (Å²) in [4.78, 5) is 10.3. The molecule has 1 aromatic carbocycles. The normalized spacial score (nSPS) is 10.5. The van der Waals surface area contributed by atoms with Crippen LogP contribution in [0.15, 0.2) is 42.6 Å². The molecular formula is C13H15N3O2. The number of nitrogens with zero attached hydrogens (tertiary/aromatic N) is 2. The Hall–Kier alpha value is -2.14. The van der Waals surface area contributed by atoms with Crippen LogP contribution < -0.4 is 5.32 Å². The molecule has 2 aromatic rings. The van der Waals surface area contributed by atoms with Crippen LogP contribution in [0.5, 0.6) is 0 Å². The van der Waals surface area contributed by atoms with Gasteiger partial charge in [0.15, 0.2) is 0 Å². The van der Waals surface area contributed by atoms with E-state index in [1.807, 2.05) is 31.4 Å². The van der Waals surface area contributed by atoms with Crippen molar-refractivity contribution in [2.45, 2.75) is 13.1 Å². The van der Waals surface area contributed by atoms with Crippen molar-refractivity contribution in [3.63, 3.8) is 0 Å². The zero-order valence-electron chi connectivity index (χ0n) is 10.2. The molecule has 5 heteroatoms. The maximum Gasteiger partial charge on any atom is 0.269 e. The van der Waals surface area contributed by atoms with Crippen LogP contribution in [0.4, 0.5) is 5.69 Å². The first-order chi connectivity index (χ1) is 8.70. The minimum absolute atomic E-state index is 0.134. The Morgan fingerprint density at radius 2 is 2.17 bits per heavy atom. The van der Waals surface area contributed by atoms with Crippen molar-refractivity contribution in [2.75, 3.05) is 7.05 Å². The summed E-state index contributed by atoms with van der Waals surface area (Å²) < 4.78 is 2.08. The topological polar surface area (TPSA) is 60.1 Å². The van der Waals surface area contributed by atoms with E-state index in [9.17, 15) is 10.1 Å². The van der Waals surface area contributed by atoms with E-state index in [4.69, 9.17) is 0 Å². The van der Waals surface area contributed by atoms with Crippen molar-refractivity contribution in [3.8, 4) is 0 Å². The summed E-state index contributed by atoms with van der Waals surface area (Å²) in [6, 6.07) is 10.7. The van der Waals surface area contributed by atoms with Gasteiger partial charge in [-0.05, 0) is 24.7 Å². The van der Waals surface area contributed by atoms with Gasteiger partial charge in [0.1, 0.15) is 0 Å². The van der Waals surface area contributed by atoms with Crippen LogP contribution in [0.3, 0.4) is 0 Å². The highest BCUT2D eigenvalue weighted by Crippen LogP contribution is 2.15. The molecule has 0 saturated carbocycles. The second-order valence-electron chi connectivity index (χ2n) is 4.08. The first-order valence-corrected chi connectivity index (χ1v) is 5.72. The molecule has 0 atom stereocenters. The average molecular weight is 245 g/mol. The number of rotatable bonds is 5. The molecule has 1 N–H and O–H groups in total. The third-order valence-electron chi connectivity index (χ3n) is 2.76. The summed E-state index contributed by atoms with van der Waals surface area (Å²) in [7, 11) is 1.89. The van der Waals surface area contributed by atoms with E-state index >= 15 is 0 Å². The van der Waals surface area contributed by atoms with Gasteiger partial charge in [0.25, 0.3) is 5.69 Å². The summed E-state index contributed by atoms with van der Waals surface area (Å²) >= 11 is 0. The highest BCUT2D eigenvalue weighted by Gasteiger charge is 2.07. The standard InChI is InChI=1S/C13H15N3O2/c1-14-9-13-6-3-7-15(13)10-11-4-2-5-12(8-11)16(17)18/h2-8,14H,9-10H2,1H3. The first kappa shape index (κ1) is 12.3. The van der Waals surface area contributed by atoms with Crippen LogP contribution in [0.2, 0.25) is 0 Å². The van der Waals surface area contributed by atoms with E-state index in [2.05, 4.69) is 9.88 Å². The highest BCUT2D eigenvalue weighted by atomic mass is 16.6. The third-order valence-corrected chi connectivity index (χ3v) is 2.76. The maximum atomic E-state index is 10.7. The van der Waals surface area contributed by atoms with Crippen molar-refractivity contribution >= 4 is 5.69 Å². The second kappa shape index (κ2) is 5.46. The Balaban J connectivity index is 2.20. The van der Waals surface area contributed by atoms with Gasteiger partial charge >= 0.3 is 0 Å². The largest absolute Gasteiger partial charge is 0.346 e. The summed E-state index contributed by atoms with van der Waals surface area (Å²) in [5.41, 5.74) is 2.22. The van der Waals surface area contributed by atoms with Crippen LogP contribution in [-0.4, -0.2) is 16.5 Å². The molecule has 94 valence electrons. The highest BCUT2D eigenvalue weighted by molar-refractivity contribution is 5.34. The Morgan fingerprint density at radius 1 is 1.33 bits per heavy atom. The zero-order valence-corrected chi connectivity index (χ0v) is 10.2. The molecular weight excluding hydrogens is 230 g/mol. The Bertz CT molecular complexity index is 549. The van der Waals surface area contributed by atoms with Crippen LogP contribution in [-0.2, 0) is 13.1 Å². The first-order valence-electron chi connectivity index (χ1n) is 5.72. The molecule has 0 radical (unpaired) electrons. The van der Waals surface area contributed by atoms with E-state index in [0.717, 1.165) is 17.8 Å². The van der Waals surface area contributed by atoms with E-state index in [1.54, 1.807) is 12.1 Å². The molecule has 0 bridgehead atoms. The molecule has 1 aromatic heterocycles. The molecule has 0 fully saturated rings. The van der Waals surface area contributed by atoms with Gasteiger partial charge in [-0.1, -0.05) is 12.1 Å². The van der Waals surface area contributed by atoms with E-state index in [-0.39, 0.29) is 10.6 Å². The minimum Gasteiger partial charge on any atom is -0.346 e. The lowest BCUT2D eigenvalue weighted by Crippen LogP contribution is -2.11. The molecule has 5 nitrogen and oxygen atoms in total. The molecule has 2 rings (SSSR count). The maximum absolute atomic E-state index is 10.7. The lowest BCUT2D eigenvalue weighted by atomic mass is 10.2. The zero-order chi connectivity index (χ0) is 13.0.